The van der Waals surface area contributed by atoms with E-state index in [1.807, 2.05) is 0 Å². The fourth-order valence-electron chi connectivity index (χ4n) is 1.66. The first kappa shape index (κ1) is 19.5. The molecule has 0 bridgehead atoms. The molecule has 1 aromatic carbocycles. The van der Waals surface area contributed by atoms with E-state index < -0.39 is 35.9 Å². The molecule has 0 amide bonds. The van der Waals surface area contributed by atoms with Gasteiger partial charge in [-0.05, 0) is 0 Å². The monoisotopic (exact) mass is 478 g/mol. The molecule has 0 radical (unpaired) electrons. The van der Waals surface area contributed by atoms with Crippen molar-refractivity contribution in [1.82, 2.24) is 0 Å². The van der Waals surface area contributed by atoms with Gasteiger partial charge in [-0.1, -0.05) is 0 Å². The van der Waals surface area contributed by atoms with E-state index in [4.69, 9.17) is 9.47 Å². The minimum absolute atomic E-state index is 0.0685. The second-order valence-electron chi connectivity index (χ2n) is 4.53. The van der Waals surface area contributed by atoms with E-state index in [1.165, 1.54) is 12.1 Å². The first-order valence-corrected chi connectivity index (χ1v) is 11.2. The van der Waals surface area contributed by atoms with E-state index in [0.29, 0.717) is 10.2 Å². The average Bonchev–Trinajstić information content (AvgIpc) is 3.03. The summed E-state index contributed by atoms with van der Waals surface area (Å²) in [6.45, 7) is 0.522. The molecule has 1 saturated heterocycles. The maximum atomic E-state index is 12.5. The molecule has 0 saturated carbocycles. The van der Waals surface area contributed by atoms with Crippen LogP contribution in [-0.4, -0.2) is 33.4 Å². The van der Waals surface area contributed by atoms with Crippen molar-refractivity contribution in [2.24, 2.45) is 0 Å². The van der Waals surface area contributed by atoms with Gasteiger partial charge < -0.3 is 0 Å². The molecule has 1 heterocycles. The van der Waals surface area contributed by atoms with Gasteiger partial charge in [0.15, 0.2) is 0 Å². The summed E-state index contributed by atoms with van der Waals surface area (Å²) in [6, 6.07) is 7.80. The number of alkyl halides is 3. The summed E-state index contributed by atoms with van der Waals surface area (Å²) in [4.78, 5) is 0. The van der Waals surface area contributed by atoms with Crippen LogP contribution in [0.1, 0.15) is 12.8 Å². The summed E-state index contributed by atoms with van der Waals surface area (Å²) in [5, 5.41) is 0. The van der Waals surface area contributed by atoms with Gasteiger partial charge >= 0.3 is 146 Å². The van der Waals surface area contributed by atoms with Gasteiger partial charge in [0.25, 0.3) is 0 Å². The number of benzene rings is 1. The molecule has 0 spiro atoms. The summed E-state index contributed by atoms with van der Waals surface area (Å²) in [5.74, 6) is 2.55. The second kappa shape index (κ2) is 8.48. The van der Waals surface area contributed by atoms with E-state index >= 15 is 0 Å². The summed E-state index contributed by atoms with van der Waals surface area (Å²) in [6.07, 6.45) is 1.22. The molecule has 24 heavy (non-hydrogen) atoms. The Kier molecular flexibility index (Phi) is 6.88. The van der Waals surface area contributed by atoms with E-state index in [0.717, 1.165) is 12.8 Å². The van der Waals surface area contributed by atoms with Crippen molar-refractivity contribution in [3.8, 4) is 9.85 Å². The molecule has 5 nitrogen and oxygen atoms in total. The Morgan fingerprint density at radius 1 is 1.29 bits per heavy atom. The van der Waals surface area contributed by atoms with Crippen molar-refractivity contribution >= 4 is 30.4 Å². The van der Waals surface area contributed by atoms with Crippen LogP contribution in [0.3, 0.4) is 0 Å². The van der Waals surface area contributed by atoms with Gasteiger partial charge in [-0.3, -0.25) is 0 Å². The Hall–Kier alpha value is -0.870. The van der Waals surface area contributed by atoms with Crippen LogP contribution in [0.5, 0.6) is 0 Å². The topological polar surface area (TPSA) is 61.8 Å². The van der Waals surface area contributed by atoms with E-state index in [-0.39, 0.29) is 12.9 Å². The van der Waals surface area contributed by atoms with Gasteiger partial charge in [-0.15, -0.1) is 0 Å². The first-order chi connectivity index (χ1) is 11.3. The zero-order chi connectivity index (χ0) is 17.6. The van der Waals surface area contributed by atoms with E-state index in [1.54, 1.807) is 18.2 Å². The van der Waals surface area contributed by atoms with Gasteiger partial charge in [-0.2, -0.15) is 0 Å². The Morgan fingerprint density at radius 3 is 2.58 bits per heavy atom. The molecule has 1 aliphatic heterocycles. The van der Waals surface area contributed by atoms with Crippen LogP contribution < -0.4 is 0 Å². The number of hydrogen-bond acceptors (Lipinski definition) is 5. The van der Waals surface area contributed by atoms with Crippen LogP contribution in [0, 0.1) is 13.4 Å². The third-order valence-corrected chi connectivity index (χ3v) is 8.82. The third-order valence-electron chi connectivity index (χ3n) is 2.74. The number of hydrogen-bond donors (Lipinski definition) is 0. The van der Waals surface area contributed by atoms with Crippen LogP contribution in [-0.2, 0) is 22.1 Å². The predicted octanol–water partition coefficient (Wildman–Crippen LogP) is 3.26. The molecule has 10 heteroatoms. The summed E-state index contributed by atoms with van der Waals surface area (Å²) in [5.41, 5.74) is -5.48. The molecule has 1 atom stereocenters. The van der Waals surface area contributed by atoms with E-state index in [9.17, 15) is 21.6 Å². The second-order valence-corrected chi connectivity index (χ2v) is 10.3. The fourth-order valence-corrected chi connectivity index (χ4v) is 6.80. The normalized spacial score (nSPS) is 18.8. The van der Waals surface area contributed by atoms with Gasteiger partial charge in [0, 0.05) is 0 Å². The third kappa shape index (κ3) is 5.59. The molecule has 2 rings (SSSR count). The molecular formula is C14H14F3IO5S. The quantitative estimate of drug-likeness (QED) is 0.370. The van der Waals surface area contributed by atoms with Gasteiger partial charge in [0.1, 0.15) is 0 Å². The summed E-state index contributed by atoms with van der Waals surface area (Å²) < 4.78 is 77.8. The van der Waals surface area contributed by atoms with Crippen molar-refractivity contribution in [2.75, 3.05) is 13.2 Å². The zero-order valence-electron chi connectivity index (χ0n) is 12.3. The van der Waals surface area contributed by atoms with Gasteiger partial charge in [0.2, 0.25) is 0 Å². The minimum atomic E-state index is -5.70. The molecule has 1 unspecified atom stereocenters. The molecule has 0 N–H and O–H groups in total. The van der Waals surface area contributed by atoms with Gasteiger partial charge in [-0.25, -0.2) is 0 Å². The Balaban J connectivity index is 2.09. The zero-order valence-corrected chi connectivity index (χ0v) is 15.2. The Labute approximate surface area is 145 Å². The van der Waals surface area contributed by atoms with Crippen molar-refractivity contribution in [1.29, 1.82) is 0 Å². The molecule has 0 aromatic heterocycles. The maximum absolute atomic E-state index is 12.5. The van der Waals surface area contributed by atoms with Crippen LogP contribution in [0.25, 0.3) is 0 Å². The van der Waals surface area contributed by atoms with Crippen LogP contribution >= 0.6 is 20.2 Å². The molecule has 1 fully saturated rings. The molecule has 1 aliphatic rings. The average molecular weight is 478 g/mol. The molecule has 0 aliphatic carbocycles. The first-order valence-electron chi connectivity index (χ1n) is 6.77. The van der Waals surface area contributed by atoms with Crippen LogP contribution in [0.2, 0.25) is 0 Å². The fraction of sp³-hybridized carbons (Fsp3) is 0.429. The predicted molar refractivity (Wildman–Crippen MR) is 87.9 cm³/mol. The SMILES string of the molecule is O=S(=O)(OI(C#CCOC1CCCO1)c1ccccc1)C(F)(F)F. The van der Waals surface area contributed by atoms with E-state index in [2.05, 4.69) is 12.4 Å². The van der Waals surface area contributed by atoms with Crippen molar-refractivity contribution in [3.05, 3.63) is 33.9 Å². The standard InChI is InChI=1S/C14H14F3IO5S/c15-14(16,17)24(19,20)23-18(12-6-2-1-3-7-12)9-5-11-22-13-8-4-10-21-13/h1-3,6-7,13H,4,8,10-11H2. The van der Waals surface area contributed by atoms with Crippen molar-refractivity contribution in [3.63, 3.8) is 0 Å². The van der Waals surface area contributed by atoms with Gasteiger partial charge in [0.05, 0.1) is 0 Å². The van der Waals surface area contributed by atoms with Crippen LogP contribution in [0.15, 0.2) is 30.3 Å². The molecular weight excluding hydrogens is 464 g/mol. The Morgan fingerprint density at radius 2 is 2.00 bits per heavy atom. The van der Waals surface area contributed by atoms with Crippen LogP contribution in [0.4, 0.5) is 13.2 Å². The Bertz CT molecular complexity index is 691. The molecule has 134 valence electrons. The van der Waals surface area contributed by atoms with Crippen molar-refractivity contribution in [2.45, 2.75) is 24.6 Å². The summed E-state index contributed by atoms with van der Waals surface area (Å²) >= 11 is -3.38. The number of rotatable bonds is 5. The number of halogens is 4. The molecule has 1 aromatic rings. The summed E-state index contributed by atoms with van der Waals surface area (Å²) in [7, 11) is -5.70. The number of ether oxygens (including phenoxy) is 2. The van der Waals surface area contributed by atoms with Crippen molar-refractivity contribution < 1.29 is 33.6 Å².